The average Bonchev–Trinajstić information content (AvgIpc) is 2.34. The van der Waals surface area contributed by atoms with Gasteiger partial charge in [0.25, 0.3) is 0 Å². The lowest BCUT2D eigenvalue weighted by atomic mass is 10.0. The Morgan fingerprint density at radius 1 is 1.29 bits per heavy atom. The quantitative estimate of drug-likeness (QED) is 0.849. The summed E-state index contributed by atoms with van der Waals surface area (Å²) in [5.41, 5.74) is 1.69. The average molecular weight is 360 g/mol. The minimum absolute atomic E-state index is 0.498. The minimum Gasteiger partial charge on any atom is -0.388 e. The first-order chi connectivity index (χ1) is 8.16. The van der Waals surface area contributed by atoms with Crippen molar-refractivity contribution >= 4 is 34.2 Å². The van der Waals surface area contributed by atoms with Crippen LogP contribution >= 0.6 is 34.2 Å². The Morgan fingerprint density at radius 3 is 2.76 bits per heavy atom. The number of nitrogens with zero attached hydrogens (tertiary/aromatic N) is 1. The van der Waals surface area contributed by atoms with Crippen LogP contribution < -0.4 is 0 Å². The molecule has 0 aliphatic heterocycles. The second-order valence-electron chi connectivity index (χ2n) is 3.71. The lowest BCUT2D eigenvalue weighted by molar-refractivity contribution is 0.177. The summed E-state index contributed by atoms with van der Waals surface area (Å²) in [7, 11) is 0. The lowest BCUT2D eigenvalue weighted by Crippen LogP contribution is -2.03. The predicted molar refractivity (Wildman–Crippen MR) is 77.1 cm³/mol. The zero-order valence-electron chi connectivity index (χ0n) is 8.98. The van der Waals surface area contributed by atoms with Gasteiger partial charge in [-0.3, -0.25) is 4.98 Å². The molecule has 88 valence electrons. The highest BCUT2D eigenvalue weighted by Gasteiger charge is 2.10. The van der Waals surface area contributed by atoms with E-state index in [9.17, 15) is 5.11 Å². The molecule has 1 aromatic carbocycles. The summed E-state index contributed by atoms with van der Waals surface area (Å²) in [6.07, 6.45) is 1.65. The summed E-state index contributed by atoms with van der Waals surface area (Å²) in [5, 5.41) is 10.8. The highest BCUT2D eigenvalue weighted by atomic mass is 127. The van der Waals surface area contributed by atoms with Gasteiger partial charge < -0.3 is 5.11 Å². The second kappa shape index (κ2) is 5.80. The zero-order valence-corrected chi connectivity index (χ0v) is 11.9. The fourth-order valence-electron chi connectivity index (χ4n) is 1.55. The van der Waals surface area contributed by atoms with Crippen LogP contribution in [0.1, 0.15) is 17.4 Å². The van der Waals surface area contributed by atoms with E-state index in [-0.39, 0.29) is 0 Å². The van der Waals surface area contributed by atoms with Gasteiger partial charge in [-0.1, -0.05) is 23.7 Å². The van der Waals surface area contributed by atoms with E-state index in [0.29, 0.717) is 11.4 Å². The van der Waals surface area contributed by atoms with Gasteiger partial charge in [-0.2, -0.15) is 0 Å². The Labute approximate surface area is 119 Å². The summed E-state index contributed by atoms with van der Waals surface area (Å²) in [6, 6.07) is 11.3. The molecule has 1 atom stereocenters. The van der Waals surface area contributed by atoms with Gasteiger partial charge in [0.15, 0.2) is 0 Å². The van der Waals surface area contributed by atoms with Crippen LogP contribution in [0.3, 0.4) is 0 Å². The van der Waals surface area contributed by atoms with Crippen molar-refractivity contribution < 1.29 is 5.11 Å². The van der Waals surface area contributed by atoms with Gasteiger partial charge in [-0.25, -0.2) is 0 Å². The van der Waals surface area contributed by atoms with Crippen molar-refractivity contribution in [3.63, 3.8) is 0 Å². The van der Waals surface area contributed by atoms with E-state index in [0.717, 1.165) is 14.8 Å². The van der Waals surface area contributed by atoms with E-state index in [1.807, 2.05) is 30.3 Å². The molecule has 0 spiro atoms. The molecule has 1 N–H and O–H groups in total. The van der Waals surface area contributed by atoms with Crippen molar-refractivity contribution in [2.45, 2.75) is 12.5 Å². The molecule has 0 radical (unpaired) electrons. The summed E-state index contributed by atoms with van der Waals surface area (Å²) in [5.74, 6) is 0. The van der Waals surface area contributed by atoms with Crippen molar-refractivity contribution in [1.82, 2.24) is 4.98 Å². The highest BCUT2D eigenvalue weighted by molar-refractivity contribution is 14.1. The van der Waals surface area contributed by atoms with Crippen molar-refractivity contribution in [3.05, 3.63) is 62.4 Å². The molecule has 17 heavy (non-hydrogen) atoms. The molecule has 0 aliphatic rings. The van der Waals surface area contributed by atoms with Crippen molar-refractivity contribution in [1.29, 1.82) is 0 Å². The third-order valence-corrected chi connectivity index (χ3v) is 4.03. The largest absolute Gasteiger partial charge is 0.388 e. The molecule has 0 fully saturated rings. The first-order valence-electron chi connectivity index (χ1n) is 5.20. The lowest BCUT2D eigenvalue weighted by Gasteiger charge is -2.11. The van der Waals surface area contributed by atoms with Crippen molar-refractivity contribution in [3.8, 4) is 0 Å². The van der Waals surface area contributed by atoms with Crippen LogP contribution in [-0.2, 0) is 6.42 Å². The third-order valence-electron chi connectivity index (χ3n) is 2.46. The van der Waals surface area contributed by atoms with E-state index in [1.54, 1.807) is 12.3 Å². The van der Waals surface area contributed by atoms with E-state index in [1.165, 1.54) is 0 Å². The van der Waals surface area contributed by atoms with Crippen LogP contribution in [0.4, 0.5) is 0 Å². The van der Waals surface area contributed by atoms with Crippen molar-refractivity contribution in [2.24, 2.45) is 0 Å². The molecule has 1 aromatic heterocycles. The summed E-state index contributed by atoms with van der Waals surface area (Å²) in [4.78, 5) is 4.19. The fraction of sp³-hybridized carbons (Fsp3) is 0.154. The smallest absolute Gasteiger partial charge is 0.0846 e. The van der Waals surface area contributed by atoms with Crippen LogP contribution in [0.15, 0.2) is 42.6 Å². The van der Waals surface area contributed by atoms with E-state index >= 15 is 0 Å². The molecule has 0 aliphatic carbocycles. The minimum atomic E-state index is -0.570. The fourth-order valence-corrected chi connectivity index (χ4v) is 2.08. The number of pyridine rings is 1. The van der Waals surface area contributed by atoms with Crippen LogP contribution in [0.2, 0.25) is 5.02 Å². The Kier molecular flexibility index (Phi) is 4.36. The zero-order chi connectivity index (χ0) is 12.3. The topological polar surface area (TPSA) is 33.1 Å². The van der Waals surface area contributed by atoms with E-state index in [4.69, 9.17) is 11.6 Å². The number of aliphatic hydroxyl groups is 1. The molecule has 2 nitrogen and oxygen atoms in total. The van der Waals surface area contributed by atoms with E-state index in [2.05, 4.69) is 27.6 Å². The third kappa shape index (κ3) is 3.40. The van der Waals surface area contributed by atoms with Gasteiger partial charge in [0.1, 0.15) is 0 Å². The molecule has 4 heteroatoms. The summed E-state index contributed by atoms with van der Waals surface area (Å²) in [6.45, 7) is 0. The molecular formula is C13H11ClINO. The molecule has 2 rings (SSSR count). The van der Waals surface area contributed by atoms with Gasteiger partial charge >= 0.3 is 0 Å². The van der Waals surface area contributed by atoms with Crippen LogP contribution in [0.25, 0.3) is 0 Å². The van der Waals surface area contributed by atoms with Gasteiger partial charge in [0.2, 0.25) is 0 Å². The number of hydrogen-bond donors (Lipinski definition) is 1. The molecule has 0 bridgehead atoms. The second-order valence-corrected chi connectivity index (χ2v) is 5.28. The Balaban J connectivity index is 2.14. The summed E-state index contributed by atoms with van der Waals surface area (Å²) >= 11 is 8.19. The molecule has 2 aromatic rings. The number of halogens is 2. The molecular weight excluding hydrogens is 349 g/mol. The number of aliphatic hydroxyl groups excluding tert-OH is 1. The maximum absolute atomic E-state index is 10.1. The molecule has 0 amide bonds. The van der Waals surface area contributed by atoms with Gasteiger partial charge in [0.05, 0.1) is 11.1 Å². The van der Waals surface area contributed by atoms with Crippen molar-refractivity contribution in [2.75, 3.05) is 0 Å². The number of aromatic nitrogens is 1. The van der Waals surface area contributed by atoms with Crippen LogP contribution in [0, 0.1) is 3.57 Å². The standard InChI is InChI=1S/C13H11ClINO/c14-11-7-9(4-5-12(11)15)13(17)8-10-3-1-2-6-16-10/h1-7,13,17H,8H2. The Bertz CT molecular complexity index is 504. The molecule has 0 saturated heterocycles. The number of hydrogen-bond acceptors (Lipinski definition) is 2. The first-order valence-corrected chi connectivity index (χ1v) is 6.65. The van der Waals surface area contributed by atoms with Gasteiger partial charge in [-0.05, 0) is 52.4 Å². The van der Waals surface area contributed by atoms with Gasteiger partial charge in [0, 0.05) is 21.9 Å². The monoisotopic (exact) mass is 359 g/mol. The maximum atomic E-state index is 10.1. The summed E-state index contributed by atoms with van der Waals surface area (Å²) < 4.78 is 0.984. The van der Waals surface area contributed by atoms with Crippen LogP contribution in [-0.4, -0.2) is 10.1 Å². The number of benzene rings is 1. The normalized spacial score (nSPS) is 12.4. The number of rotatable bonds is 3. The first kappa shape index (κ1) is 12.8. The predicted octanol–water partition coefficient (Wildman–Crippen LogP) is 3.62. The Morgan fingerprint density at radius 2 is 2.12 bits per heavy atom. The molecule has 0 saturated carbocycles. The molecule has 1 heterocycles. The highest BCUT2D eigenvalue weighted by Crippen LogP contribution is 2.24. The SMILES string of the molecule is OC(Cc1ccccn1)c1ccc(I)c(Cl)c1. The van der Waals surface area contributed by atoms with Gasteiger partial charge in [-0.15, -0.1) is 0 Å². The molecule has 1 unspecified atom stereocenters. The van der Waals surface area contributed by atoms with E-state index < -0.39 is 6.10 Å². The Hall–Kier alpha value is -0.650. The van der Waals surface area contributed by atoms with Crippen LogP contribution in [0.5, 0.6) is 0 Å². The maximum Gasteiger partial charge on any atom is 0.0846 e.